The van der Waals surface area contributed by atoms with Crippen LogP contribution in [0.2, 0.25) is 0 Å². The summed E-state index contributed by atoms with van der Waals surface area (Å²) in [6, 6.07) is 8.49. The second-order valence-corrected chi connectivity index (χ2v) is 6.99. The molecular weight excluding hydrogens is 354 g/mol. The number of nitrogens with two attached hydrogens (primary N) is 1. The molecule has 142 valence electrons. The highest BCUT2D eigenvalue weighted by molar-refractivity contribution is 6.03. The van der Waals surface area contributed by atoms with Gasteiger partial charge in [-0.15, -0.1) is 12.4 Å². The minimum atomic E-state index is -0.352. The summed E-state index contributed by atoms with van der Waals surface area (Å²) in [6.45, 7) is 6.93. The maximum Gasteiger partial charge on any atom is 0.291 e. The molecule has 2 rings (SSSR count). The van der Waals surface area contributed by atoms with Crippen LogP contribution in [0.15, 0.2) is 41.0 Å². The Bertz CT molecular complexity index is 757. The van der Waals surface area contributed by atoms with Gasteiger partial charge in [0.25, 0.3) is 11.8 Å². The van der Waals surface area contributed by atoms with E-state index >= 15 is 0 Å². The number of halogens is 1. The number of aryl methyl sites for hydroxylation is 1. The quantitative estimate of drug-likeness (QED) is 0.805. The van der Waals surface area contributed by atoms with Crippen molar-refractivity contribution in [2.45, 2.75) is 20.8 Å². The fraction of sp³-hybridized carbons (Fsp3) is 0.368. The van der Waals surface area contributed by atoms with Crippen molar-refractivity contribution >= 4 is 29.9 Å². The molecule has 2 aromatic rings. The number of rotatable bonds is 6. The first-order valence-corrected chi connectivity index (χ1v) is 8.14. The summed E-state index contributed by atoms with van der Waals surface area (Å²) >= 11 is 0. The molecule has 0 saturated heterocycles. The van der Waals surface area contributed by atoms with Crippen LogP contribution in [0.25, 0.3) is 0 Å². The van der Waals surface area contributed by atoms with Crippen LogP contribution in [0, 0.1) is 12.3 Å². The van der Waals surface area contributed by atoms with Gasteiger partial charge in [-0.05, 0) is 48.7 Å². The lowest BCUT2D eigenvalue weighted by molar-refractivity contribution is 0.0740. The molecule has 2 amide bonds. The maximum absolute atomic E-state index is 12.7. The maximum atomic E-state index is 12.7. The molecule has 1 aromatic carbocycles. The van der Waals surface area contributed by atoms with Crippen molar-refractivity contribution in [2.24, 2.45) is 11.1 Å². The number of hydrogen-bond donors (Lipinski definition) is 2. The number of carbonyl (C=O) groups excluding carboxylic acids is 2. The SMILES string of the molecule is Cc1ccc(C(=O)N(C)CC(C)(C)CN)cc1NC(=O)c1ccco1.Cl. The van der Waals surface area contributed by atoms with Gasteiger partial charge in [-0.1, -0.05) is 19.9 Å². The first-order chi connectivity index (χ1) is 11.7. The summed E-state index contributed by atoms with van der Waals surface area (Å²) in [7, 11) is 1.75. The molecule has 1 heterocycles. The van der Waals surface area contributed by atoms with Crippen molar-refractivity contribution in [2.75, 3.05) is 25.5 Å². The predicted molar refractivity (Wildman–Crippen MR) is 105 cm³/mol. The average molecular weight is 380 g/mol. The Morgan fingerprint density at radius 3 is 2.54 bits per heavy atom. The van der Waals surface area contributed by atoms with Gasteiger partial charge in [-0.2, -0.15) is 0 Å². The van der Waals surface area contributed by atoms with E-state index in [9.17, 15) is 9.59 Å². The van der Waals surface area contributed by atoms with Crippen LogP contribution in [0.1, 0.15) is 40.3 Å². The van der Waals surface area contributed by atoms with Crippen molar-refractivity contribution in [3.05, 3.63) is 53.5 Å². The van der Waals surface area contributed by atoms with Crippen LogP contribution >= 0.6 is 12.4 Å². The van der Waals surface area contributed by atoms with Gasteiger partial charge in [0.15, 0.2) is 5.76 Å². The number of nitrogens with zero attached hydrogens (tertiary/aromatic N) is 1. The van der Waals surface area contributed by atoms with Crippen LogP contribution < -0.4 is 11.1 Å². The minimum Gasteiger partial charge on any atom is -0.459 e. The van der Waals surface area contributed by atoms with Crippen molar-refractivity contribution in [1.82, 2.24) is 4.90 Å². The summed E-state index contributed by atoms with van der Waals surface area (Å²) < 4.78 is 5.09. The molecule has 0 fully saturated rings. The van der Waals surface area contributed by atoms with Gasteiger partial charge in [0.1, 0.15) is 0 Å². The molecule has 1 aromatic heterocycles. The van der Waals surface area contributed by atoms with Crippen molar-refractivity contribution in [1.29, 1.82) is 0 Å². The monoisotopic (exact) mass is 379 g/mol. The molecule has 0 saturated carbocycles. The molecule has 0 spiro atoms. The largest absolute Gasteiger partial charge is 0.459 e. The summed E-state index contributed by atoms with van der Waals surface area (Å²) in [5, 5.41) is 2.78. The first kappa shape index (κ1) is 21.7. The van der Waals surface area contributed by atoms with E-state index in [2.05, 4.69) is 5.32 Å². The Labute approximate surface area is 160 Å². The highest BCUT2D eigenvalue weighted by Gasteiger charge is 2.22. The second kappa shape index (κ2) is 8.87. The number of anilines is 1. The van der Waals surface area contributed by atoms with E-state index in [-0.39, 0.29) is 35.4 Å². The molecular formula is C19H26ClN3O3. The number of nitrogens with one attached hydrogen (secondary N) is 1. The highest BCUT2D eigenvalue weighted by atomic mass is 35.5. The van der Waals surface area contributed by atoms with Gasteiger partial charge in [0.05, 0.1) is 6.26 Å². The molecule has 0 aliphatic carbocycles. The lowest BCUT2D eigenvalue weighted by Crippen LogP contribution is -2.39. The Morgan fingerprint density at radius 2 is 1.96 bits per heavy atom. The standard InChI is InChI=1S/C19H25N3O3.ClH/c1-13-7-8-14(18(24)22(4)12-19(2,3)11-20)10-15(13)21-17(23)16-6-5-9-25-16;/h5-10H,11-12,20H2,1-4H3,(H,21,23);1H. The van der Waals surface area contributed by atoms with Gasteiger partial charge in [-0.3, -0.25) is 9.59 Å². The average Bonchev–Trinajstić information content (AvgIpc) is 3.10. The molecule has 3 N–H and O–H groups in total. The molecule has 6 nitrogen and oxygen atoms in total. The van der Waals surface area contributed by atoms with E-state index in [0.717, 1.165) is 5.56 Å². The van der Waals surface area contributed by atoms with E-state index in [4.69, 9.17) is 10.2 Å². The van der Waals surface area contributed by atoms with Gasteiger partial charge < -0.3 is 20.4 Å². The van der Waals surface area contributed by atoms with Crippen molar-refractivity contribution < 1.29 is 14.0 Å². The van der Waals surface area contributed by atoms with Crippen LogP contribution in [0.3, 0.4) is 0 Å². The number of amides is 2. The van der Waals surface area contributed by atoms with Gasteiger partial charge >= 0.3 is 0 Å². The van der Waals surface area contributed by atoms with Crippen LogP contribution in [-0.4, -0.2) is 36.9 Å². The Morgan fingerprint density at radius 1 is 1.27 bits per heavy atom. The number of hydrogen-bond acceptors (Lipinski definition) is 4. The summed E-state index contributed by atoms with van der Waals surface area (Å²) in [4.78, 5) is 26.5. The molecule has 0 unspecified atom stereocenters. The smallest absolute Gasteiger partial charge is 0.291 e. The van der Waals surface area contributed by atoms with Gasteiger partial charge in [-0.25, -0.2) is 0 Å². The highest BCUT2D eigenvalue weighted by Crippen LogP contribution is 2.21. The van der Waals surface area contributed by atoms with E-state index < -0.39 is 0 Å². The summed E-state index contributed by atoms with van der Waals surface area (Å²) in [6.07, 6.45) is 1.44. The van der Waals surface area contributed by atoms with E-state index in [1.54, 1.807) is 36.2 Å². The Hall–Kier alpha value is -2.31. The fourth-order valence-corrected chi connectivity index (χ4v) is 2.48. The zero-order chi connectivity index (χ0) is 18.6. The zero-order valence-electron chi connectivity index (χ0n) is 15.5. The zero-order valence-corrected chi connectivity index (χ0v) is 16.4. The third kappa shape index (κ3) is 5.34. The first-order valence-electron chi connectivity index (χ1n) is 8.14. The molecule has 0 radical (unpaired) electrons. The number of benzene rings is 1. The molecule has 0 atom stereocenters. The van der Waals surface area contributed by atoms with Crippen LogP contribution in [0.5, 0.6) is 0 Å². The molecule has 26 heavy (non-hydrogen) atoms. The number of furan rings is 1. The van der Waals surface area contributed by atoms with Crippen LogP contribution in [-0.2, 0) is 0 Å². The Kier molecular flexibility index (Phi) is 7.41. The van der Waals surface area contributed by atoms with E-state index in [1.807, 2.05) is 26.8 Å². The van der Waals surface area contributed by atoms with Crippen molar-refractivity contribution in [3.8, 4) is 0 Å². The summed E-state index contributed by atoms with van der Waals surface area (Å²) in [5.74, 6) is -0.247. The third-order valence-electron chi connectivity index (χ3n) is 4.04. The molecule has 0 aliphatic heterocycles. The fourth-order valence-electron chi connectivity index (χ4n) is 2.48. The summed E-state index contributed by atoms with van der Waals surface area (Å²) in [5.41, 5.74) is 7.54. The topological polar surface area (TPSA) is 88.6 Å². The second-order valence-electron chi connectivity index (χ2n) is 6.99. The van der Waals surface area contributed by atoms with Gasteiger partial charge in [0, 0.05) is 24.8 Å². The number of carbonyl (C=O) groups is 2. The van der Waals surface area contributed by atoms with Crippen molar-refractivity contribution in [3.63, 3.8) is 0 Å². The normalized spacial score (nSPS) is 10.8. The van der Waals surface area contributed by atoms with Gasteiger partial charge in [0.2, 0.25) is 0 Å². The van der Waals surface area contributed by atoms with E-state index in [1.165, 1.54) is 6.26 Å². The lowest BCUT2D eigenvalue weighted by atomic mass is 9.93. The predicted octanol–water partition coefficient (Wildman–Crippen LogP) is 3.32. The lowest BCUT2D eigenvalue weighted by Gasteiger charge is -2.29. The molecule has 0 aliphatic rings. The third-order valence-corrected chi connectivity index (χ3v) is 4.04. The Balaban J connectivity index is 0.00000338. The minimum absolute atomic E-state index is 0. The van der Waals surface area contributed by atoms with Crippen LogP contribution in [0.4, 0.5) is 5.69 Å². The molecule has 7 heteroatoms. The van der Waals surface area contributed by atoms with E-state index in [0.29, 0.717) is 24.3 Å². The molecule has 0 bridgehead atoms.